The van der Waals surface area contributed by atoms with Crippen LogP contribution in [0.3, 0.4) is 0 Å². The number of hydrogen-bond donors (Lipinski definition) is 0. The Morgan fingerprint density at radius 3 is 2.18 bits per heavy atom. The van der Waals surface area contributed by atoms with Crippen LogP contribution >= 0.6 is 0 Å². The second-order valence-electron chi connectivity index (χ2n) is 8.60. The summed E-state index contributed by atoms with van der Waals surface area (Å²) in [6.07, 6.45) is -3.76. The molecule has 4 rings (SSSR count). The zero-order chi connectivity index (χ0) is 24.5. The second-order valence-corrected chi connectivity index (χ2v) is 8.60. The molecule has 2 aromatic carbocycles. The normalized spacial score (nSPS) is 18.5. The Bertz CT molecular complexity index is 1090. The van der Waals surface area contributed by atoms with Crippen molar-refractivity contribution >= 4 is 17.7 Å². The highest BCUT2D eigenvalue weighted by Crippen LogP contribution is 2.34. The van der Waals surface area contributed by atoms with Crippen molar-refractivity contribution in [1.82, 2.24) is 14.7 Å². The number of nitrogens with zero attached hydrogens (tertiary/aromatic N) is 3. The minimum atomic E-state index is -4.62. The Morgan fingerprint density at radius 2 is 1.50 bits per heavy atom. The first kappa shape index (κ1) is 23.8. The van der Waals surface area contributed by atoms with Crippen LogP contribution in [0.4, 0.5) is 13.2 Å². The smallest absolute Gasteiger partial charge is 0.339 e. The SMILES string of the molecule is CC(=O)N1CCc2ccccc2C1CC(=O)N1CCN(C(=O)c2ccccc2C(F)(F)F)CC1. The molecule has 180 valence electrons. The van der Waals surface area contributed by atoms with Crippen molar-refractivity contribution in [1.29, 1.82) is 0 Å². The fourth-order valence-electron chi connectivity index (χ4n) is 4.79. The van der Waals surface area contributed by atoms with Crippen LogP contribution in [0.15, 0.2) is 48.5 Å². The molecule has 1 fully saturated rings. The molecule has 1 atom stereocenters. The first-order valence-electron chi connectivity index (χ1n) is 11.2. The van der Waals surface area contributed by atoms with E-state index in [0.717, 1.165) is 23.6 Å². The van der Waals surface area contributed by atoms with E-state index in [9.17, 15) is 27.6 Å². The molecule has 0 bridgehead atoms. The number of halogens is 3. The zero-order valence-electron chi connectivity index (χ0n) is 18.8. The van der Waals surface area contributed by atoms with Gasteiger partial charge in [0.15, 0.2) is 0 Å². The molecule has 2 heterocycles. The number of rotatable bonds is 3. The Hall–Kier alpha value is -3.36. The number of carbonyl (C=O) groups is 3. The van der Waals surface area contributed by atoms with E-state index in [4.69, 9.17) is 0 Å². The lowest BCUT2D eigenvalue weighted by Crippen LogP contribution is -2.51. The molecule has 2 aliphatic rings. The van der Waals surface area contributed by atoms with Gasteiger partial charge < -0.3 is 14.7 Å². The predicted molar refractivity (Wildman–Crippen MR) is 119 cm³/mol. The lowest BCUT2D eigenvalue weighted by atomic mass is 9.90. The summed E-state index contributed by atoms with van der Waals surface area (Å²) < 4.78 is 39.9. The quantitative estimate of drug-likeness (QED) is 0.686. The predicted octanol–water partition coefficient (Wildman–Crippen LogP) is 3.53. The summed E-state index contributed by atoms with van der Waals surface area (Å²) in [6, 6.07) is 12.2. The first-order chi connectivity index (χ1) is 16.2. The van der Waals surface area contributed by atoms with Crippen LogP contribution in [0.1, 0.15) is 46.4 Å². The van der Waals surface area contributed by atoms with Crippen molar-refractivity contribution in [2.75, 3.05) is 32.7 Å². The summed E-state index contributed by atoms with van der Waals surface area (Å²) in [5.41, 5.74) is 0.746. The van der Waals surface area contributed by atoms with E-state index in [2.05, 4.69) is 0 Å². The Balaban J connectivity index is 1.43. The van der Waals surface area contributed by atoms with E-state index in [1.54, 1.807) is 9.80 Å². The molecule has 0 N–H and O–H groups in total. The van der Waals surface area contributed by atoms with E-state index in [-0.39, 0.29) is 56.0 Å². The summed E-state index contributed by atoms with van der Waals surface area (Å²) in [7, 11) is 0. The molecule has 6 nitrogen and oxygen atoms in total. The molecule has 2 aliphatic heterocycles. The number of alkyl halides is 3. The van der Waals surface area contributed by atoms with Crippen molar-refractivity contribution in [2.45, 2.75) is 32.0 Å². The highest BCUT2D eigenvalue weighted by molar-refractivity contribution is 5.96. The molecule has 0 radical (unpaired) electrons. The third kappa shape index (κ3) is 4.78. The van der Waals surface area contributed by atoms with Gasteiger partial charge in [0.2, 0.25) is 11.8 Å². The lowest BCUT2D eigenvalue weighted by Gasteiger charge is -2.39. The fourth-order valence-corrected chi connectivity index (χ4v) is 4.79. The molecular formula is C25H26F3N3O3. The summed E-state index contributed by atoms with van der Waals surface area (Å²) in [5.74, 6) is -0.925. The molecule has 34 heavy (non-hydrogen) atoms. The van der Waals surface area contributed by atoms with Crippen LogP contribution in [0.2, 0.25) is 0 Å². The van der Waals surface area contributed by atoms with Crippen LogP contribution in [-0.2, 0) is 22.2 Å². The van der Waals surface area contributed by atoms with Crippen LogP contribution in [0, 0.1) is 0 Å². The van der Waals surface area contributed by atoms with Gasteiger partial charge in [-0.25, -0.2) is 0 Å². The molecule has 9 heteroatoms. The highest BCUT2D eigenvalue weighted by atomic mass is 19.4. The summed E-state index contributed by atoms with van der Waals surface area (Å²) in [5, 5.41) is 0. The maximum absolute atomic E-state index is 13.3. The van der Waals surface area contributed by atoms with E-state index in [1.165, 1.54) is 30.0 Å². The number of hydrogen-bond acceptors (Lipinski definition) is 3. The largest absolute Gasteiger partial charge is 0.417 e. The maximum Gasteiger partial charge on any atom is 0.417 e. The standard InChI is InChI=1S/C25H26F3N3O3/c1-17(32)31-11-10-18-6-2-3-7-19(18)22(31)16-23(33)29-12-14-30(15-13-29)24(34)20-8-4-5-9-21(20)25(26,27)28/h2-9,22H,10-16H2,1H3. The van der Waals surface area contributed by atoms with Gasteiger partial charge in [-0.05, 0) is 29.7 Å². The Kier molecular flexibility index (Phi) is 6.63. The van der Waals surface area contributed by atoms with E-state index < -0.39 is 17.6 Å². The summed E-state index contributed by atoms with van der Waals surface area (Å²) >= 11 is 0. The average molecular weight is 473 g/mol. The Labute approximate surface area is 195 Å². The molecule has 1 saturated heterocycles. The minimum absolute atomic E-state index is 0.0916. The third-order valence-corrected chi connectivity index (χ3v) is 6.57. The second kappa shape index (κ2) is 9.48. The van der Waals surface area contributed by atoms with Gasteiger partial charge in [-0.1, -0.05) is 36.4 Å². The van der Waals surface area contributed by atoms with Crippen LogP contribution < -0.4 is 0 Å². The maximum atomic E-state index is 13.3. The van der Waals surface area contributed by atoms with Gasteiger partial charge in [-0.2, -0.15) is 13.2 Å². The molecule has 3 amide bonds. The highest BCUT2D eigenvalue weighted by Gasteiger charge is 2.37. The van der Waals surface area contributed by atoms with Gasteiger partial charge in [0.1, 0.15) is 0 Å². The van der Waals surface area contributed by atoms with Gasteiger partial charge in [-0.15, -0.1) is 0 Å². The number of piperazine rings is 1. The van der Waals surface area contributed by atoms with Gasteiger partial charge >= 0.3 is 6.18 Å². The van der Waals surface area contributed by atoms with E-state index in [0.29, 0.717) is 6.54 Å². The minimum Gasteiger partial charge on any atom is -0.339 e. The van der Waals surface area contributed by atoms with Crippen molar-refractivity contribution in [3.05, 3.63) is 70.8 Å². The average Bonchev–Trinajstić information content (AvgIpc) is 2.83. The summed E-state index contributed by atoms with van der Waals surface area (Å²) in [6.45, 7) is 2.79. The molecule has 0 aliphatic carbocycles. The van der Waals surface area contributed by atoms with Crippen molar-refractivity contribution < 1.29 is 27.6 Å². The third-order valence-electron chi connectivity index (χ3n) is 6.57. The summed E-state index contributed by atoms with van der Waals surface area (Å²) in [4.78, 5) is 42.8. The molecule has 0 saturated carbocycles. The van der Waals surface area contributed by atoms with Gasteiger partial charge in [0, 0.05) is 39.6 Å². The molecule has 0 aromatic heterocycles. The van der Waals surface area contributed by atoms with Crippen LogP contribution in [-0.4, -0.2) is 65.1 Å². The van der Waals surface area contributed by atoms with Gasteiger partial charge in [-0.3, -0.25) is 14.4 Å². The van der Waals surface area contributed by atoms with Crippen molar-refractivity contribution in [3.8, 4) is 0 Å². The molecule has 0 spiro atoms. The first-order valence-corrected chi connectivity index (χ1v) is 11.2. The molecule has 2 aromatic rings. The van der Waals surface area contributed by atoms with E-state index in [1.807, 2.05) is 24.3 Å². The van der Waals surface area contributed by atoms with Crippen LogP contribution in [0.25, 0.3) is 0 Å². The van der Waals surface area contributed by atoms with Crippen LogP contribution in [0.5, 0.6) is 0 Å². The number of benzene rings is 2. The Morgan fingerprint density at radius 1 is 0.882 bits per heavy atom. The number of carbonyl (C=O) groups excluding carboxylic acids is 3. The monoisotopic (exact) mass is 473 g/mol. The van der Waals surface area contributed by atoms with Gasteiger partial charge in [0.05, 0.1) is 23.6 Å². The molecular weight excluding hydrogens is 447 g/mol. The van der Waals surface area contributed by atoms with E-state index >= 15 is 0 Å². The van der Waals surface area contributed by atoms with Crippen molar-refractivity contribution in [2.24, 2.45) is 0 Å². The number of amides is 3. The van der Waals surface area contributed by atoms with Gasteiger partial charge in [0.25, 0.3) is 5.91 Å². The fraction of sp³-hybridized carbons (Fsp3) is 0.400. The van der Waals surface area contributed by atoms with Crippen molar-refractivity contribution in [3.63, 3.8) is 0 Å². The topological polar surface area (TPSA) is 60.9 Å². The lowest BCUT2D eigenvalue weighted by molar-refractivity contribution is -0.138. The number of fused-ring (bicyclic) bond motifs is 1. The molecule has 1 unspecified atom stereocenters. The zero-order valence-corrected chi connectivity index (χ0v) is 18.8.